The summed E-state index contributed by atoms with van der Waals surface area (Å²) in [7, 11) is 0. The number of hydrogen-bond acceptors (Lipinski definition) is 6. The minimum absolute atomic E-state index is 0.223. The number of rotatable bonds is 8. The predicted molar refractivity (Wildman–Crippen MR) is 108 cm³/mol. The van der Waals surface area contributed by atoms with E-state index in [1.54, 1.807) is 33.8 Å². The maximum absolute atomic E-state index is 12.3. The molecular weight excluding hydrogens is 374 g/mol. The van der Waals surface area contributed by atoms with Crippen LogP contribution in [-0.4, -0.2) is 40.6 Å². The summed E-state index contributed by atoms with van der Waals surface area (Å²) >= 11 is 0. The van der Waals surface area contributed by atoms with Crippen LogP contribution in [-0.2, 0) is 16.1 Å². The molecule has 1 aromatic heterocycles. The Labute approximate surface area is 171 Å². The van der Waals surface area contributed by atoms with Crippen LogP contribution in [0.25, 0.3) is 0 Å². The number of amides is 1. The SMILES string of the molecule is CCOC(=O)c1cc(OCc2ccccc2)nn1C(C)CNC(=O)OC(C)(C)C. The topological polar surface area (TPSA) is 91.7 Å². The zero-order valence-corrected chi connectivity index (χ0v) is 17.6. The van der Waals surface area contributed by atoms with Crippen molar-refractivity contribution < 1.29 is 23.8 Å². The molecule has 0 radical (unpaired) electrons. The van der Waals surface area contributed by atoms with E-state index in [-0.39, 0.29) is 24.9 Å². The van der Waals surface area contributed by atoms with E-state index in [0.29, 0.717) is 12.5 Å². The van der Waals surface area contributed by atoms with E-state index in [9.17, 15) is 9.59 Å². The summed E-state index contributed by atoms with van der Waals surface area (Å²) in [6.07, 6.45) is -0.533. The van der Waals surface area contributed by atoms with Crippen molar-refractivity contribution in [3.63, 3.8) is 0 Å². The normalized spacial score (nSPS) is 12.2. The lowest BCUT2D eigenvalue weighted by Crippen LogP contribution is -2.36. The number of carbonyl (C=O) groups is 2. The van der Waals surface area contributed by atoms with Gasteiger partial charge < -0.3 is 19.5 Å². The van der Waals surface area contributed by atoms with E-state index in [4.69, 9.17) is 14.2 Å². The molecular formula is C21H29N3O5. The van der Waals surface area contributed by atoms with Crippen LogP contribution in [0.5, 0.6) is 5.88 Å². The smallest absolute Gasteiger partial charge is 0.407 e. The Kier molecular flexibility index (Phi) is 7.64. The Morgan fingerprint density at radius 3 is 2.52 bits per heavy atom. The standard InChI is InChI=1S/C21H29N3O5/c1-6-27-19(25)17-12-18(28-14-16-10-8-7-9-11-16)23-24(17)15(2)13-22-20(26)29-21(3,4)5/h7-12,15H,6,13-14H2,1-5H3,(H,22,26). The monoisotopic (exact) mass is 403 g/mol. The zero-order valence-electron chi connectivity index (χ0n) is 17.6. The van der Waals surface area contributed by atoms with Crippen molar-refractivity contribution in [2.45, 2.75) is 52.9 Å². The number of carbonyl (C=O) groups excluding carboxylic acids is 2. The van der Waals surface area contributed by atoms with Crippen LogP contribution in [0, 0.1) is 0 Å². The first-order valence-corrected chi connectivity index (χ1v) is 9.60. The molecule has 0 fully saturated rings. The lowest BCUT2D eigenvalue weighted by atomic mass is 10.2. The number of esters is 1. The van der Waals surface area contributed by atoms with E-state index >= 15 is 0 Å². The number of nitrogens with zero attached hydrogens (tertiary/aromatic N) is 2. The van der Waals surface area contributed by atoms with Gasteiger partial charge >= 0.3 is 12.1 Å². The van der Waals surface area contributed by atoms with Gasteiger partial charge in [-0.3, -0.25) is 0 Å². The maximum Gasteiger partial charge on any atom is 0.407 e. The molecule has 158 valence electrons. The molecule has 8 nitrogen and oxygen atoms in total. The molecule has 1 atom stereocenters. The van der Waals surface area contributed by atoms with Crippen molar-refractivity contribution >= 4 is 12.1 Å². The fourth-order valence-corrected chi connectivity index (χ4v) is 2.50. The number of ether oxygens (including phenoxy) is 3. The van der Waals surface area contributed by atoms with Gasteiger partial charge in [-0.15, -0.1) is 5.10 Å². The Morgan fingerprint density at radius 2 is 1.90 bits per heavy atom. The molecule has 0 bridgehead atoms. The van der Waals surface area contributed by atoms with Crippen LogP contribution in [0.2, 0.25) is 0 Å². The second kappa shape index (κ2) is 9.95. The van der Waals surface area contributed by atoms with Crippen LogP contribution >= 0.6 is 0 Å². The molecule has 1 unspecified atom stereocenters. The van der Waals surface area contributed by atoms with Crippen molar-refractivity contribution in [2.24, 2.45) is 0 Å². The third-order valence-corrected chi connectivity index (χ3v) is 3.79. The van der Waals surface area contributed by atoms with Gasteiger partial charge in [0.05, 0.1) is 12.6 Å². The van der Waals surface area contributed by atoms with Crippen LogP contribution < -0.4 is 10.1 Å². The molecule has 2 rings (SSSR count). The van der Waals surface area contributed by atoms with Gasteiger partial charge in [0.1, 0.15) is 12.2 Å². The molecule has 0 aliphatic carbocycles. The molecule has 1 aromatic carbocycles. The number of alkyl carbamates (subject to hydrolysis) is 1. The minimum atomic E-state index is -0.590. The third kappa shape index (κ3) is 7.14. The zero-order chi connectivity index (χ0) is 21.4. The van der Waals surface area contributed by atoms with Gasteiger partial charge in [0.15, 0.2) is 5.69 Å². The summed E-state index contributed by atoms with van der Waals surface area (Å²) in [5.74, 6) is -0.195. The molecule has 0 aliphatic heterocycles. The van der Waals surface area contributed by atoms with Crippen molar-refractivity contribution in [1.29, 1.82) is 0 Å². The fourth-order valence-electron chi connectivity index (χ4n) is 2.50. The number of aromatic nitrogens is 2. The molecule has 1 amide bonds. The summed E-state index contributed by atoms with van der Waals surface area (Å²) in [5, 5.41) is 7.07. The minimum Gasteiger partial charge on any atom is -0.472 e. The average Bonchev–Trinajstić information content (AvgIpc) is 3.09. The highest BCUT2D eigenvalue weighted by atomic mass is 16.6. The molecule has 2 aromatic rings. The van der Waals surface area contributed by atoms with Gasteiger partial charge in [0.25, 0.3) is 0 Å². The summed E-state index contributed by atoms with van der Waals surface area (Å²) < 4.78 is 17.6. The summed E-state index contributed by atoms with van der Waals surface area (Å²) in [6.45, 7) is 9.73. The predicted octanol–water partition coefficient (Wildman–Crippen LogP) is 3.72. The summed E-state index contributed by atoms with van der Waals surface area (Å²) in [6, 6.07) is 10.9. The highest BCUT2D eigenvalue weighted by molar-refractivity contribution is 5.88. The van der Waals surface area contributed by atoms with Crippen molar-refractivity contribution in [3.05, 3.63) is 47.7 Å². The second-order valence-electron chi connectivity index (χ2n) is 7.54. The maximum atomic E-state index is 12.3. The molecule has 8 heteroatoms. The van der Waals surface area contributed by atoms with E-state index in [2.05, 4.69) is 10.4 Å². The van der Waals surface area contributed by atoms with Crippen molar-refractivity contribution in [1.82, 2.24) is 15.1 Å². The summed E-state index contributed by atoms with van der Waals surface area (Å²) in [4.78, 5) is 24.2. The van der Waals surface area contributed by atoms with Crippen LogP contribution in [0.3, 0.4) is 0 Å². The highest BCUT2D eigenvalue weighted by Gasteiger charge is 2.22. The van der Waals surface area contributed by atoms with E-state index in [0.717, 1.165) is 5.56 Å². The van der Waals surface area contributed by atoms with Crippen LogP contribution in [0.1, 0.15) is 56.7 Å². The number of benzene rings is 1. The van der Waals surface area contributed by atoms with E-state index in [1.807, 2.05) is 37.3 Å². The highest BCUT2D eigenvalue weighted by Crippen LogP contribution is 2.19. The average molecular weight is 403 g/mol. The van der Waals surface area contributed by atoms with Gasteiger partial charge in [-0.05, 0) is 40.2 Å². The number of hydrogen-bond donors (Lipinski definition) is 1. The third-order valence-electron chi connectivity index (χ3n) is 3.79. The van der Waals surface area contributed by atoms with Crippen LogP contribution in [0.4, 0.5) is 4.79 Å². The van der Waals surface area contributed by atoms with Crippen LogP contribution in [0.15, 0.2) is 36.4 Å². The Hall–Kier alpha value is -3.03. The Morgan fingerprint density at radius 1 is 1.21 bits per heavy atom. The molecule has 1 N–H and O–H groups in total. The first kappa shape index (κ1) is 22.3. The lowest BCUT2D eigenvalue weighted by Gasteiger charge is -2.21. The Bertz CT molecular complexity index is 811. The molecule has 29 heavy (non-hydrogen) atoms. The van der Waals surface area contributed by atoms with Gasteiger partial charge in [-0.1, -0.05) is 30.3 Å². The van der Waals surface area contributed by atoms with Crippen molar-refractivity contribution in [2.75, 3.05) is 13.2 Å². The van der Waals surface area contributed by atoms with E-state index < -0.39 is 17.7 Å². The largest absolute Gasteiger partial charge is 0.472 e. The van der Waals surface area contributed by atoms with Crippen molar-refractivity contribution in [3.8, 4) is 5.88 Å². The number of nitrogens with one attached hydrogen (secondary N) is 1. The fraction of sp³-hybridized carbons (Fsp3) is 0.476. The molecule has 1 heterocycles. The summed E-state index contributed by atoms with van der Waals surface area (Å²) in [5.41, 5.74) is 0.654. The lowest BCUT2D eigenvalue weighted by molar-refractivity contribution is 0.0508. The quantitative estimate of drug-likeness (QED) is 0.676. The first-order valence-electron chi connectivity index (χ1n) is 9.60. The first-order chi connectivity index (χ1) is 13.7. The van der Waals surface area contributed by atoms with Gasteiger partial charge in [0, 0.05) is 12.6 Å². The van der Waals surface area contributed by atoms with E-state index in [1.165, 1.54) is 4.68 Å². The van der Waals surface area contributed by atoms with Gasteiger partial charge in [-0.2, -0.15) is 0 Å². The second-order valence-corrected chi connectivity index (χ2v) is 7.54. The molecule has 0 aliphatic rings. The molecule has 0 saturated heterocycles. The molecule has 0 saturated carbocycles. The molecule has 0 spiro atoms. The van der Waals surface area contributed by atoms with Gasteiger partial charge in [-0.25, -0.2) is 14.3 Å². The van der Waals surface area contributed by atoms with Gasteiger partial charge in [0.2, 0.25) is 5.88 Å². The Balaban J connectivity index is 2.09.